The van der Waals surface area contributed by atoms with Crippen LogP contribution in [0.1, 0.15) is 15.9 Å². The average molecular weight is 370 g/mol. The Bertz CT molecular complexity index is 714. The fourth-order valence-electron chi connectivity index (χ4n) is 1.78. The lowest BCUT2D eigenvalue weighted by Crippen LogP contribution is -2.13. The first-order valence-electron chi connectivity index (χ1n) is 5.89. The molecule has 0 fully saturated rings. The van der Waals surface area contributed by atoms with Crippen molar-refractivity contribution < 1.29 is 9.72 Å². The predicted molar refractivity (Wildman–Crippen MR) is 84.9 cm³/mol. The van der Waals surface area contributed by atoms with Crippen LogP contribution in [-0.4, -0.2) is 10.8 Å². The molecule has 7 heteroatoms. The molecule has 0 saturated heterocycles. The number of halogens is 2. The van der Waals surface area contributed by atoms with Crippen LogP contribution in [0.15, 0.2) is 40.9 Å². The molecule has 0 radical (unpaired) electrons. The molecule has 0 heterocycles. The van der Waals surface area contributed by atoms with Crippen molar-refractivity contribution in [3.63, 3.8) is 0 Å². The summed E-state index contributed by atoms with van der Waals surface area (Å²) in [5, 5.41) is 14.0. The first-order chi connectivity index (χ1) is 9.86. The van der Waals surface area contributed by atoms with E-state index in [2.05, 4.69) is 21.2 Å². The van der Waals surface area contributed by atoms with Gasteiger partial charge in [-0.2, -0.15) is 0 Å². The van der Waals surface area contributed by atoms with Gasteiger partial charge in [0.15, 0.2) is 0 Å². The first-order valence-corrected chi connectivity index (χ1v) is 7.06. The van der Waals surface area contributed by atoms with E-state index >= 15 is 0 Å². The highest BCUT2D eigenvalue weighted by Gasteiger charge is 2.17. The van der Waals surface area contributed by atoms with Crippen LogP contribution in [0, 0.1) is 17.0 Å². The third-order valence-corrected chi connectivity index (χ3v) is 3.40. The molecule has 5 nitrogen and oxygen atoms in total. The van der Waals surface area contributed by atoms with Crippen molar-refractivity contribution in [3.8, 4) is 0 Å². The number of carbonyl (C=O) groups is 1. The number of hydrogen-bond donors (Lipinski definition) is 1. The molecular weight excluding hydrogens is 360 g/mol. The van der Waals surface area contributed by atoms with Crippen molar-refractivity contribution in [2.75, 3.05) is 5.32 Å². The van der Waals surface area contributed by atoms with Crippen LogP contribution < -0.4 is 5.32 Å². The van der Waals surface area contributed by atoms with E-state index in [9.17, 15) is 14.9 Å². The van der Waals surface area contributed by atoms with Gasteiger partial charge in [0.2, 0.25) is 0 Å². The molecule has 0 saturated carbocycles. The van der Waals surface area contributed by atoms with Crippen molar-refractivity contribution >= 4 is 44.8 Å². The molecule has 0 atom stereocenters. The van der Waals surface area contributed by atoms with Gasteiger partial charge in [0.1, 0.15) is 5.69 Å². The van der Waals surface area contributed by atoms with Gasteiger partial charge in [-0.25, -0.2) is 0 Å². The number of aryl methyl sites for hydroxylation is 1. The largest absolute Gasteiger partial charge is 0.316 e. The lowest BCUT2D eigenvalue weighted by molar-refractivity contribution is -0.384. The Morgan fingerprint density at radius 1 is 1.29 bits per heavy atom. The number of benzene rings is 2. The number of hydrogen-bond acceptors (Lipinski definition) is 3. The Hall–Kier alpha value is -1.92. The molecule has 0 spiro atoms. The maximum Gasteiger partial charge on any atom is 0.293 e. The van der Waals surface area contributed by atoms with Gasteiger partial charge >= 0.3 is 0 Å². The summed E-state index contributed by atoms with van der Waals surface area (Å²) in [7, 11) is 0. The topological polar surface area (TPSA) is 72.2 Å². The minimum atomic E-state index is -0.531. The number of nitrogens with zero attached hydrogens (tertiary/aromatic N) is 1. The van der Waals surface area contributed by atoms with Crippen molar-refractivity contribution in [3.05, 3.63) is 67.1 Å². The van der Waals surface area contributed by atoms with E-state index in [0.717, 1.165) is 5.56 Å². The van der Waals surface area contributed by atoms with E-state index in [-0.39, 0.29) is 11.4 Å². The van der Waals surface area contributed by atoms with Gasteiger partial charge in [-0.05, 0) is 36.8 Å². The number of carbonyl (C=O) groups excluding carboxylic acids is 1. The highest BCUT2D eigenvalue weighted by molar-refractivity contribution is 9.10. The maximum absolute atomic E-state index is 12.2. The molecule has 1 N–H and O–H groups in total. The molecule has 2 aromatic carbocycles. The van der Waals surface area contributed by atoms with Crippen LogP contribution in [-0.2, 0) is 0 Å². The molecule has 0 aromatic heterocycles. The van der Waals surface area contributed by atoms with Gasteiger partial charge in [0.05, 0.1) is 4.92 Å². The number of nitrogens with one attached hydrogen (secondary N) is 1. The van der Waals surface area contributed by atoms with Crippen LogP contribution in [0.4, 0.5) is 11.4 Å². The highest BCUT2D eigenvalue weighted by Crippen LogP contribution is 2.26. The Kier molecular flexibility index (Phi) is 4.59. The molecule has 1 amide bonds. The standard InChI is InChI=1S/C14H10BrClN2O3/c1-8-2-3-12(13(4-8)18(20)21)17-14(19)9-5-10(15)7-11(16)6-9/h2-7H,1H3,(H,17,19). The molecule has 2 rings (SSSR count). The zero-order valence-electron chi connectivity index (χ0n) is 10.9. The zero-order chi connectivity index (χ0) is 15.6. The van der Waals surface area contributed by atoms with Gasteiger partial charge in [-0.15, -0.1) is 0 Å². The molecule has 2 aromatic rings. The second-order valence-corrected chi connectivity index (χ2v) is 5.74. The average Bonchev–Trinajstić information content (AvgIpc) is 2.39. The van der Waals surface area contributed by atoms with E-state index in [1.54, 1.807) is 25.1 Å². The van der Waals surface area contributed by atoms with Gasteiger partial charge in [0.25, 0.3) is 11.6 Å². The van der Waals surface area contributed by atoms with Crippen molar-refractivity contribution in [1.29, 1.82) is 0 Å². The molecule has 21 heavy (non-hydrogen) atoms. The monoisotopic (exact) mass is 368 g/mol. The molecule has 0 aliphatic carbocycles. The summed E-state index contributed by atoms with van der Waals surface area (Å²) in [6.45, 7) is 1.74. The van der Waals surface area contributed by atoms with Crippen molar-refractivity contribution in [1.82, 2.24) is 0 Å². The second kappa shape index (κ2) is 6.24. The minimum absolute atomic E-state index is 0.145. The van der Waals surface area contributed by atoms with Crippen LogP contribution in [0.5, 0.6) is 0 Å². The third-order valence-electron chi connectivity index (χ3n) is 2.72. The van der Waals surface area contributed by atoms with E-state index in [1.807, 2.05) is 0 Å². The van der Waals surface area contributed by atoms with Crippen molar-refractivity contribution in [2.24, 2.45) is 0 Å². The number of amides is 1. The Balaban J connectivity index is 2.33. The molecule has 0 bridgehead atoms. The number of nitro benzene ring substituents is 1. The smallest absolute Gasteiger partial charge is 0.293 e. The summed E-state index contributed by atoms with van der Waals surface area (Å²) in [5.41, 5.74) is 1.05. The summed E-state index contributed by atoms with van der Waals surface area (Å²) in [6.07, 6.45) is 0. The van der Waals surface area contributed by atoms with Crippen LogP contribution >= 0.6 is 27.5 Å². The summed E-state index contributed by atoms with van der Waals surface area (Å²) in [4.78, 5) is 22.7. The summed E-state index contributed by atoms with van der Waals surface area (Å²) >= 11 is 9.12. The van der Waals surface area contributed by atoms with Crippen molar-refractivity contribution in [2.45, 2.75) is 6.92 Å². The van der Waals surface area contributed by atoms with Gasteiger partial charge in [0, 0.05) is 21.1 Å². The molecule has 0 unspecified atom stereocenters. The molecule has 108 valence electrons. The lowest BCUT2D eigenvalue weighted by Gasteiger charge is -2.07. The number of anilines is 1. The fraction of sp³-hybridized carbons (Fsp3) is 0.0714. The SMILES string of the molecule is Cc1ccc(NC(=O)c2cc(Cl)cc(Br)c2)c([N+](=O)[O-])c1. The maximum atomic E-state index is 12.2. The summed E-state index contributed by atoms with van der Waals surface area (Å²) < 4.78 is 0.651. The summed E-state index contributed by atoms with van der Waals surface area (Å²) in [6, 6.07) is 9.32. The normalized spacial score (nSPS) is 10.2. The number of rotatable bonds is 3. The summed E-state index contributed by atoms with van der Waals surface area (Å²) in [5.74, 6) is -0.467. The fourth-order valence-corrected chi connectivity index (χ4v) is 2.64. The van der Waals surface area contributed by atoms with Crippen LogP contribution in [0.2, 0.25) is 5.02 Å². The van der Waals surface area contributed by atoms with Gasteiger partial charge in [-0.1, -0.05) is 33.6 Å². The molecular formula is C14H10BrClN2O3. The Labute approximate surface area is 134 Å². The van der Waals surface area contributed by atoms with Gasteiger partial charge < -0.3 is 5.32 Å². The lowest BCUT2D eigenvalue weighted by atomic mass is 10.1. The van der Waals surface area contributed by atoms with E-state index < -0.39 is 10.8 Å². The first kappa shape index (κ1) is 15.5. The Morgan fingerprint density at radius 3 is 2.62 bits per heavy atom. The second-order valence-electron chi connectivity index (χ2n) is 4.39. The van der Waals surface area contributed by atoms with E-state index in [1.165, 1.54) is 18.2 Å². The molecule has 0 aliphatic rings. The quantitative estimate of drug-likeness (QED) is 0.636. The highest BCUT2D eigenvalue weighted by atomic mass is 79.9. The predicted octanol–water partition coefficient (Wildman–Crippen LogP) is 4.57. The zero-order valence-corrected chi connectivity index (χ0v) is 13.2. The van der Waals surface area contributed by atoms with E-state index in [0.29, 0.717) is 15.1 Å². The van der Waals surface area contributed by atoms with Crippen LogP contribution in [0.3, 0.4) is 0 Å². The minimum Gasteiger partial charge on any atom is -0.316 e. The Morgan fingerprint density at radius 2 is 2.00 bits per heavy atom. The third kappa shape index (κ3) is 3.80. The van der Waals surface area contributed by atoms with Crippen LogP contribution in [0.25, 0.3) is 0 Å². The van der Waals surface area contributed by atoms with E-state index in [4.69, 9.17) is 11.6 Å². The molecule has 0 aliphatic heterocycles. The number of nitro groups is 1. The van der Waals surface area contributed by atoms with Gasteiger partial charge in [-0.3, -0.25) is 14.9 Å².